The number of ether oxygens (including phenoxy) is 12. The molecule has 3 N–H and O–H groups in total. The summed E-state index contributed by atoms with van der Waals surface area (Å²) in [6.07, 6.45) is 0.442. The number of non-ortho nitro benzene ring substituents is 1. The van der Waals surface area contributed by atoms with Crippen LogP contribution in [0.5, 0.6) is 0 Å². The molecule has 0 saturated heterocycles. The molecule has 1 aromatic carbocycles. The van der Waals surface area contributed by atoms with E-state index in [1.54, 1.807) is 0 Å². The number of nitro benzene ring substituents is 2. The number of rotatable bonds is 46. The second-order valence-corrected chi connectivity index (χ2v) is 12.1. The normalized spacial score (nSPS) is 11.2. The predicted molar refractivity (Wildman–Crippen MR) is 213 cm³/mol. The van der Waals surface area contributed by atoms with Crippen LogP contribution in [0.4, 0.5) is 17.1 Å². The Morgan fingerprint density at radius 3 is 1.17 bits per heavy atom. The minimum absolute atomic E-state index is 0.0213. The van der Waals surface area contributed by atoms with E-state index in [0.717, 1.165) is 6.07 Å². The van der Waals surface area contributed by atoms with Crippen LogP contribution >= 0.6 is 0 Å². The van der Waals surface area contributed by atoms with Crippen molar-refractivity contribution in [1.29, 1.82) is 0 Å². The summed E-state index contributed by atoms with van der Waals surface area (Å²) >= 11 is 0. The van der Waals surface area contributed by atoms with Crippen LogP contribution in [0.15, 0.2) is 18.2 Å². The number of carboxylic acid groups (broad SMARTS) is 1. The van der Waals surface area contributed by atoms with E-state index >= 15 is 0 Å². The van der Waals surface area contributed by atoms with Gasteiger partial charge in [-0.25, -0.2) is 0 Å². The number of nitrogens with one attached hydrogen (secondary N) is 2. The van der Waals surface area contributed by atoms with Crippen LogP contribution in [0.1, 0.15) is 19.3 Å². The van der Waals surface area contributed by atoms with Gasteiger partial charge >= 0.3 is 5.97 Å². The highest BCUT2D eigenvalue weighted by molar-refractivity contribution is 5.80. The van der Waals surface area contributed by atoms with E-state index in [-0.39, 0.29) is 49.0 Å². The van der Waals surface area contributed by atoms with Crippen molar-refractivity contribution in [1.82, 2.24) is 5.32 Å². The molecule has 0 saturated carbocycles. The Bertz CT molecular complexity index is 1240. The molecule has 0 fully saturated rings. The Hall–Kier alpha value is -3.72. The molecule has 1 amide bonds. The van der Waals surface area contributed by atoms with E-state index in [4.69, 9.17) is 61.9 Å². The lowest BCUT2D eigenvalue weighted by Gasteiger charge is -2.09. The summed E-state index contributed by atoms with van der Waals surface area (Å²) < 4.78 is 65.4. The lowest BCUT2D eigenvalue weighted by molar-refractivity contribution is -0.393. The number of amides is 1. The molecule has 23 nitrogen and oxygen atoms in total. The standard InChI is InChI=1S/C37H64N4O19/c42-36(4-5-37(43)44)39-6-1-8-49-10-12-51-14-16-53-18-20-55-22-24-57-26-28-59-30-31-60-29-27-58-25-23-56-21-19-54-17-15-52-13-11-50-9-7-38-34-3-2-33(40(45)46)32-35(34)41(47)48/h2-3,32,38H,1,4-31H2,(H,39,42)(H,43,44). The zero-order valence-corrected chi connectivity index (χ0v) is 34.4. The maximum Gasteiger partial charge on any atom is 0.303 e. The smallest absolute Gasteiger partial charge is 0.303 e. The van der Waals surface area contributed by atoms with E-state index in [1.165, 1.54) is 12.1 Å². The molecule has 0 aromatic heterocycles. The summed E-state index contributed by atoms with van der Waals surface area (Å²) in [4.78, 5) is 42.4. The third-order valence-electron chi connectivity index (χ3n) is 7.40. The molecule has 1 rings (SSSR count). The van der Waals surface area contributed by atoms with Crippen LogP contribution in [-0.4, -0.2) is 198 Å². The van der Waals surface area contributed by atoms with Gasteiger partial charge in [0.05, 0.1) is 174 Å². The molecule has 0 aliphatic heterocycles. The SMILES string of the molecule is O=C(O)CCC(=O)NCCCOCCOCCOCCOCCOCCOCCOCCOCCOCCOCCOCCOCCNc1ccc([N+](=O)[O-])cc1[N+](=O)[O-]. The van der Waals surface area contributed by atoms with Crippen molar-refractivity contribution in [2.24, 2.45) is 0 Å². The van der Waals surface area contributed by atoms with Crippen LogP contribution in [-0.2, 0) is 66.4 Å². The largest absolute Gasteiger partial charge is 0.481 e. The first-order valence-corrected chi connectivity index (χ1v) is 19.9. The van der Waals surface area contributed by atoms with Gasteiger partial charge in [0.15, 0.2) is 0 Å². The molecule has 1 aromatic rings. The highest BCUT2D eigenvalue weighted by Gasteiger charge is 2.19. The van der Waals surface area contributed by atoms with Crippen molar-refractivity contribution in [3.63, 3.8) is 0 Å². The summed E-state index contributed by atoms with van der Waals surface area (Å²) in [6, 6.07) is 3.41. The van der Waals surface area contributed by atoms with Crippen LogP contribution < -0.4 is 10.6 Å². The molecule has 0 radical (unpaired) electrons. The van der Waals surface area contributed by atoms with Crippen molar-refractivity contribution in [2.75, 3.05) is 177 Å². The molecule has 0 unspecified atom stereocenters. The lowest BCUT2D eigenvalue weighted by atomic mass is 10.2. The van der Waals surface area contributed by atoms with Gasteiger partial charge in [-0.15, -0.1) is 0 Å². The van der Waals surface area contributed by atoms with Crippen molar-refractivity contribution in [3.05, 3.63) is 38.4 Å². The van der Waals surface area contributed by atoms with Crippen molar-refractivity contribution in [2.45, 2.75) is 19.3 Å². The second-order valence-electron chi connectivity index (χ2n) is 12.1. The van der Waals surface area contributed by atoms with E-state index < -0.39 is 15.8 Å². The van der Waals surface area contributed by atoms with E-state index in [0.29, 0.717) is 165 Å². The molecule has 0 aliphatic carbocycles. The van der Waals surface area contributed by atoms with E-state index in [9.17, 15) is 29.8 Å². The van der Waals surface area contributed by atoms with E-state index in [2.05, 4.69) is 10.6 Å². The quantitative estimate of drug-likeness (QED) is 0.0475. The van der Waals surface area contributed by atoms with Crippen molar-refractivity contribution < 1.29 is 81.4 Å². The van der Waals surface area contributed by atoms with Gasteiger partial charge in [0.25, 0.3) is 11.4 Å². The third-order valence-corrected chi connectivity index (χ3v) is 7.40. The summed E-state index contributed by atoms with van der Waals surface area (Å²) in [5, 5.41) is 36.0. The number of carbonyl (C=O) groups is 2. The number of hydrogen-bond acceptors (Lipinski definition) is 19. The average molecular weight is 869 g/mol. The molecule has 60 heavy (non-hydrogen) atoms. The first kappa shape index (κ1) is 54.3. The van der Waals surface area contributed by atoms with Crippen LogP contribution in [0.25, 0.3) is 0 Å². The molecule has 23 heteroatoms. The average Bonchev–Trinajstić information content (AvgIpc) is 3.23. The minimum atomic E-state index is -0.992. The third kappa shape index (κ3) is 35.1. The number of aliphatic carboxylic acids is 1. The first-order chi connectivity index (χ1) is 29.3. The van der Waals surface area contributed by atoms with Gasteiger partial charge in [-0.3, -0.25) is 29.8 Å². The number of carbonyl (C=O) groups excluding carboxylic acids is 1. The number of nitro groups is 2. The molecule has 0 atom stereocenters. The maximum absolute atomic E-state index is 11.4. The second kappa shape index (κ2) is 40.7. The van der Waals surface area contributed by atoms with Gasteiger partial charge in [-0.2, -0.15) is 0 Å². The minimum Gasteiger partial charge on any atom is -0.481 e. The summed E-state index contributed by atoms with van der Waals surface area (Å²) in [7, 11) is 0. The number of benzene rings is 1. The molecule has 0 bridgehead atoms. The van der Waals surface area contributed by atoms with E-state index in [1.807, 2.05) is 0 Å². The van der Waals surface area contributed by atoms with Gasteiger partial charge in [0.2, 0.25) is 5.91 Å². The van der Waals surface area contributed by atoms with Gasteiger partial charge in [0.1, 0.15) is 5.69 Å². The zero-order valence-electron chi connectivity index (χ0n) is 34.4. The number of nitrogens with zero attached hydrogens (tertiary/aromatic N) is 2. The summed E-state index contributed by atoms with van der Waals surface area (Å²) in [5.41, 5.74) is -0.547. The van der Waals surface area contributed by atoms with Crippen molar-refractivity contribution in [3.8, 4) is 0 Å². The van der Waals surface area contributed by atoms with Crippen molar-refractivity contribution >= 4 is 28.9 Å². The monoisotopic (exact) mass is 868 g/mol. The number of hydrogen-bond donors (Lipinski definition) is 3. The van der Waals surface area contributed by atoms with Crippen LogP contribution in [0.2, 0.25) is 0 Å². The molecule has 346 valence electrons. The highest BCUT2D eigenvalue weighted by Crippen LogP contribution is 2.28. The molecule has 0 spiro atoms. The van der Waals surface area contributed by atoms with Gasteiger partial charge in [-0.1, -0.05) is 0 Å². The Labute approximate surface area is 350 Å². The fraction of sp³-hybridized carbons (Fsp3) is 0.784. The Morgan fingerprint density at radius 1 is 0.483 bits per heavy atom. The van der Waals surface area contributed by atoms with Gasteiger partial charge in [0, 0.05) is 32.2 Å². The Morgan fingerprint density at radius 2 is 0.833 bits per heavy atom. The molecule has 0 aliphatic rings. The van der Waals surface area contributed by atoms with Gasteiger partial charge in [-0.05, 0) is 12.5 Å². The fourth-order valence-electron chi connectivity index (χ4n) is 4.42. The topological polar surface area (TPSA) is 275 Å². The predicted octanol–water partition coefficient (Wildman–Crippen LogP) is 1.49. The maximum atomic E-state index is 11.4. The van der Waals surface area contributed by atoms with Gasteiger partial charge < -0.3 is 72.6 Å². The highest BCUT2D eigenvalue weighted by atomic mass is 16.6. The summed E-state index contributed by atoms with van der Waals surface area (Å²) in [6.45, 7) is 11.0. The first-order valence-electron chi connectivity index (χ1n) is 19.9. The fourth-order valence-corrected chi connectivity index (χ4v) is 4.42. The van der Waals surface area contributed by atoms with Crippen LogP contribution in [0, 0.1) is 20.2 Å². The lowest BCUT2D eigenvalue weighted by Crippen LogP contribution is -2.25. The molecule has 0 heterocycles. The zero-order chi connectivity index (χ0) is 43.6. The number of anilines is 1. The molecular weight excluding hydrogens is 804 g/mol. The number of carboxylic acids is 1. The summed E-state index contributed by atoms with van der Waals surface area (Å²) in [5.74, 6) is -1.27. The Kier molecular flexibility index (Phi) is 36.8. The Balaban J connectivity index is 1.68. The molecular formula is C37H64N4O19. The van der Waals surface area contributed by atoms with Crippen LogP contribution in [0.3, 0.4) is 0 Å².